The standard InChI is InChI=1S/C15H17ClFN3O/c1-20-15(18)12(10-3-2-4-11(16)13(10)17)14(19-20)9-5-7-21-8-6-9/h2-4,9H,5-8,18H2,1H3. The maximum Gasteiger partial charge on any atom is 0.149 e. The van der Waals surface area contributed by atoms with Crippen LogP contribution in [0.2, 0.25) is 5.02 Å². The molecule has 0 bridgehead atoms. The number of nitrogen functional groups attached to an aromatic ring is 1. The predicted molar refractivity (Wildman–Crippen MR) is 80.8 cm³/mol. The number of halogens is 2. The minimum atomic E-state index is -0.452. The van der Waals surface area contributed by atoms with Gasteiger partial charge < -0.3 is 10.5 Å². The van der Waals surface area contributed by atoms with E-state index in [2.05, 4.69) is 5.10 Å². The fourth-order valence-corrected chi connectivity index (χ4v) is 2.96. The van der Waals surface area contributed by atoms with Crippen LogP contribution in [0.5, 0.6) is 0 Å². The molecule has 1 aromatic carbocycles. The first-order valence-electron chi connectivity index (χ1n) is 6.94. The highest BCUT2D eigenvalue weighted by atomic mass is 35.5. The molecule has 0 unspecified atom stereocenters. The van der Waals surface area contributed by atoms with Crippen molar-refractivity contribution in [2.24, 2.45) is 7.05 Å². The molecule has 0 amide bonds. The summed E-state index contributed by atoms with van der Waals surface area (Å²) in [6.07, 6.45) is 1.73. The van der Waals surface area contributed by atoms with Crippen LogP contribution in [0.25, 0.3) is 11.1 Å². The minimum absolute atomic E-state index is 0.0914. The molecule has 21 heavy (non-hydrogen) atoms. The summed E-state index contributed by atoms with van der Waals surface area (Å²) >= 11 is 5.90. The van der Waals surface area contributed by atoms with E-state index >= 15 is 0 Å². The Kier molecular flexibility index (Phi) is 3.87. The first-order chi connectivity index (χ1) is 10.1. The molecule has 0 spiro atoms. The van der Waals surface area contributed by atoms with E-state index in [9.17, 15) is 4.39 Å². The van der Waals surface area contributed by atoms with Crippen molar-refractivity contribution < 1.29 is 9.13 Å². The first-order valence-corrected chi connectivity index (χ1v) is 7.32. The molecule has 0 saturated carbocycles. The van der Waals surface area contributed by atoms with Crippen molar-refractivity contribution >= 4 is 17.4 Å². The molecule has 0 radical (unpaired) electrons. The Morgan fingerprint density at radius 1 is 1.38 bits per heavy atom. The normalized spacial score (nSPS) is 16.3. The van der Waals surface area contributed by atoms with E-state index < -0.39 is 5.82 Å². The molecule has 1 aliphatic heterocycles. The third-order valence-corrected chi connectivity index (χ3v) is 4.24. The van der Waals surface area contributed by atoms with Crippen LogP contribution in [0.1, 0.15) is 24.5 Å². The van der Waals surface area contributed by atoms with Crippen LogP contribution in [0.4, 0.5) is 10.2 Å². The number of nitrogens with two attached hydrogens (primary N) is 1. The molecular formula is C15H17ClFN3O. The highest BCUT2D eigenvalue weighted by Crippen LogP contribution is 2.39. The molecule has 112 valence electrons. The Morgan fingerprint density at radius 3 is 2.81 bits per heavy atom. The minimum Gasteiger partial charge on any atom is -0.383 e. The SMILES string of the molecule is Cn1nc(C2CCOCC2)c(-c2cccc(Cl)c2F)c1N. The molecule has 0 aliphatic carbocycles. The van der Waals surface area contributed by atoms with Crippen molar-refractivity contribution in [2.75, 3.05) is 18.9 Å². The van der Waals surface area contributed by atoms with E-state index in [4.69, 9.17) is 22.1 Å². The molecule has 0 atom stereocenters. The molecule has 3 rings (SSSR count). The van der Waals surface area contributed by atoms with Gasteiger partial charge in [0.25, 0.3) is 0 Å². The zero-order chi connectivity index (χ0) is 15.0. The van der Waals surface area contributed by atoms with Crippen LogP contribution in [0, 0.1) is 5.82 Å². The van der Waals surface area contributed by atoms with E-state index in [1.807, 2.05) is 0 Å². The summed E-state index contributed by atoms with van der Waals surface area (Å²) in [5, 5.41) is 4.60. The lowest BCUT2D eigenvalue weighted by molar-refractivity contribution is 0.0845. The quantitative estimate of drug-likeness (QED) is 0.925. The Labute approximate surface area is 127 Å². The van der Waals surface area contributed by atoms with Crippen molar-refractivity contribution in [1.29, 1.82) is 0 Å². The summed E-state index contributed by atoms with van der Waals surface area (Å²) in [5.41, 5.74) is 8.02. The second-order valence-corrected chi connectivity index (χ2v) is 5.66. The molecule has 1 saturated heterocycles. The summed E-state index contributed by atoms with van der Waals surface area (Å²) in [6.45, 7) is 1.39. The van der Waals surface area contributed by atoms with Gasteiger partial charge in [0.1, 0.15) is 11.6 Å². The highest BCUT2D eigenvalue weighted by Gasteiger charge is 2.27. The van der Waals surface area contributed by atoms with Crippen LogP contribution < -0.4 is 5.73 Å². The third kappa shape index (κ3) is 2.51. The Morgan fingerprint density at radius 2 is 2.10 bits per heavy atom. The lowest BCUT2D eigenvalue weighted by Crippen LogP contribution is -2.15. The molecule has 4 nitrogen and oxygen atoms in total. The van der Waals surface area contributed by atoms with E-state index in [1.54, 1.807) is 23.9 Å². The van der Waals surface area contributed by atoms with Crippen LogP contribution in [0.15, 0.2) is 18.2 Å². The van der Waals surface area contributed by atoms with Crippen molar-refractivity contribution in [1.82, 2.24) is 9.78 Å². The lowest BCUT2D eigenvalue weighted by atomic mass is 9.91. The number of ether oxygens (including phenoxy) is 1. The van der Waals surface area contributed by atoms with E-state index in [1.165, 1.54) is 6.07 Å². The number of benzene rings is 1. The largest absolute Gasteiger partial charge is 0.383 e. The van der Waals surface area contributed by atoms with Crippen molar-refractivity contribution in [3.63, 3.8) is 0 Å². The van der Waals surface area contributed by atoms with Crippen LogP contribution in [-0.4, -0.2) is 23.0 Å². The average molecular weight is 310 g/mol. The molecular weight excluding hydrogens is 293 g/mol. The Balaban J connectivity index is 2.14. The van der Waals surface area contributed by atoms with Gasteiger partial charge >= 0.3 is 0 Å². The molecule has 2 aromatic rings. The molecule has 1 aliphatic rings. The maximum atomic E-state index is 14.4. The summed E-state index contributed by atoms with van der Waals surface area (Å²) < 4.78 is 21.4. The highest BCUT2D eigenvalue weighted by molar-refractivity contribution is 6.31. The Hall–Kier alpha value is -1.59. The zero-order valence-corrected chi connectivity index (χ0v) is 12.5. The number of aromatic nitrogens is 2. The van der Waals surface area contributed by atoms with Gasteiger partial charge in [0.15, 0.2) is 0 Å². The van der Waals surface area contributed by atoms with Gasteiger partial charge in [0.05, 0.1) is 16.3 Å². The molecule has 2 heterocycles. The fourth-order valence-electron chi connectivity index (χ4n) is 2.79. The fraction of sp³-hybridized carbons (Fsp3) is 0.400. The van der Waals surface area contributed by atoms with Gasteiger partial charge in [-0.3, -0.25) is 4.68 Å². The zero-order valence-electron chi connectivity index (χ0n) is 11.8. The lowest BCUT2D eigenvalue weighted by Gasteiger charge is -2.21. The van der Waals surface area contributed by atoms with Crippen LogP contribution >= 0.6 is 11.6 Å². The van der Waals surface area contributed by atoms with Gasteiger partial charge in [-0.05, 0) is 18.9 Å². The summed E-state index contributed by atoms with van der Waals surface area (Å²) in [5.74, 6) is 0.237. The van der Waals surface area contributed by atoms with Crippen LogP contribution in [-0.2, 0) is 11.8 Å². The van der Waals surface area contributed by atoms with E-state index in [-0.39, 0.29) is 10.9 Å². The van der Waals surface area contributed by atoms with Gasteiger partial charge in [0.2, 0.25) is 0 Å². The van der Waals surface area contributed by atoms with Crippen molar-refractivity contribution in [3.05, 3.63) is 34.7 Å². The van der Waals surface area contributed by atoms with Gasteiger partial charge in [-0.25, -0.2) is 4.39 Å². The van der Waals surface area contributed by atoms with Gasteiger partial charge in [-0.2, -0.15) is 5.10 Å². The van der Waals surface area contributed by atoms with Gasteiger partial charge in [-0.15, -0.1) is 0 Å². The Bertz CT molecular complexity index is 665. The number of nitrogens with zero attached hydrogens (tertiary/aromatic N) is 2. The second kappa shape index (κ2) is 5.66. The number of anilines is 1. The molecule has 1 aromatic heterocycles. The van der Waals surface area contributed by atoms with Gasteiger partial charge in [-0.1, -0.05) is 23.7 Å². The van der Waals surface area contributed by atoms with Crippen LogP contribution in [0.3, 0.4) is 0 Å². The van der Waals surface area contributed by atoms with E-state index in [0.29, 0.717) is 30.2 Å². The summed E-state index contributed by atoms with van der Waals surface area (Å²) in [4.78, 5) is 0. The predicted octanol–water partition coefficient (Wildman–Crippen LogP) is 3.36. The number of hydrogen-bond donors (Lipinski definition) is 1. The maximum absolute atomic E-state index is 14.4. The monoisotopic (exact) mass is 309 g/mol. The molecule has 2 N–H and O–H groups in total. The summed E-state index contributed by atoms with van der Waals surface area (Å²) in [6, 6.07) is 4.94. The summed E-state index contributed by atoms with van der Waals surface area (Å²) in [7, 11) is 1.77. The smallest absolute Gasteiger partial charge is 0.149 e. The second-order valence-electron chi connectivity index (χ2n) is 5.26. The topological polar surface area (TPSA) is 53.1 Å². The van der Waals surface area contributed by atoms with Crippen molar-refractivity contribution in [2.45, 2.75) is 18.8 Å². The number of hydrogen-bond acceptors (Lipinski definition) is 3. The number of aryl methyl sites for hydroxylation is 1. The molecule has 1 fully saturated rings. The third-order valence-electron chi connectivity index (χ3n) is 3.95. The van der Waals surface area contributed by atoms with E-state index in [0.717, 1.165) is 18.5 Å². The first kappa shape index (κ1) is 14.4. The molecule has 6 heteroatoms. The van der Waals surface area contributed by atoms with Gasteiger partial charge in [0, 0.05) is 31.7 Å². The van der Waals surface area contributed by atoms with Crippen molar-refractivity contribution in [3.8, 4) is 11.1 Å². The average Bonchev–Trinajstić information content (AvgIpc) is 2.79. The number of rotatable bonds is 2.